The van der Waals surface area contributed by atoms with Gasteiger partial charge in [0.25, 0.3) is 0 Å². The Morgan fingerprint density at radius 3 is 2.82 bits per heavy atom. The third-order valence-corrected chi connectivity index (χ3v) is 3.32. The zero-order valence-corrected chi connectivity index (χ0v) is 13.2. The fraction of sp³-hybridized carbons (Fsp3) is 0.118. The number of nitrogens with one attached hydrogen (secondary N) is 2. The van der Waals surface area contributed by atoms with Crippen LogP contribution < -0.4 is 10.7 Å². The maximum atomic E-state index is 5.07. The van der Waals surface area contributed by atoms with E-state index in [1.165, 1.54) is 0 Å². The molecule has 112 valence electrons. The van der Waals surface area contributed by atoms with Gasteiger partial charge in [0.05, 0.1) is 11.9 Å². The normalized spacial score (nSPS) is 10.4. The molecule has 0 radical (unpaired) electrons. The van der Waals surface area contributed by atoms with Gasteiger partial charge in [0.2, 0.25) is 0 Å². The highest BCUT2D eigenvalue weighted by Gasteiger charge is 2.05. The van der Waals surface area contributed by atoms with Crippen LogP contribution in [0.5, 0.6) is 0 Å². The van der Waals surface area contributed by atoms with Crippen LogP contribution in [0.3, 0.4) is 0 Å². The third kappa shape index (κ3) is 4.23. The lowest BCUT2D eigenvalue weighted by Crippen LogP contribution is -2.31. The Hall–Kier alpha value is -2.53. The lowest BCUT2D eigenvalue weighted by molar-refractivity contribution is 0.940. The van der Waals surface area contributed by atoms with Gasteiger partial charge in [-0.15, -0.1) is 6.58 Å². The van der Waals surface area contributed by atoms with Gasteiger partial charge < -0.3 is 5.32 Å². The second-order valence-corrected chi connectivity index (χ2v) is 5.01. The molecule has 1 aromatic carbocycles. The number of hydrogen-bond donors (Lipinski definition) is 2. The Bertz CT molecular complexity index is 680. The molecular weight excluding hydrogens is 292 g/mol. The molecule has 1 aromatic heterocycles. The van der Waals surface area contributed by atoms with Crippen molar-refractivity contribution in [2.45, 2.75) is 6.92 Å². The minimum absolute atomic E-state index is 0.452. The van der Waals surface area contributed by atoms with Gasteiger partial charge in [-0.3, -0.25) is 10.4 Å². The fourth-order valence-corrected chi connectivity index (χ4v) is 2.10. The van der Waals surface area contributed by atoms with E-state index >= 15 is 0 Å². The maximum Gasteiger partial charge on any atom is 0.187 e. The minimum atomic E-state index is 0.452. The van der Waals surface area contributed by atoms with Crippen molar-refractivity contribution >= 4 is 23.5 Å². The number of hydrazone groups is 1. The predicted octanol–water partition coefficient (Wildman–Crippen LogP) is 3.04. The molecule has 5 heteroatoms. The zero-order chi connectivity index (χ0) is 15.8. The van der Waals surface area contributed by atoms with E-state index in [4.69, 9.17) is 12.2 Å². The van der Waals surface area contributed by atoms with E-state index in [0.29, 0.717) is 11.7 Å². The molecule has 0 aliphatic rings. The van der Waals surface area contributed by atoms with E-state index in [-0.39, 0.29) is 0 Å². The smallest absolute Gasteiger partial charge is 0.187 e. The van der Waals surface area contributed by atoms with E-state index in [9.17, 15) is 0 Å². The molecule has 0 amide bonds. The molecule has 4 nitrogen and oxygen atoms in total. The number of benzene rings is 1. The van der Waals surface area contributed by atoms with E-state index in [2.05, 4.69) is 39.5 Å². The Balaban J connectivity index is 2.13. The fourth-order valence-electron chi connectivity index (χ4n) is 1.97. The molecule has 0 aliphatic carbocycles. The summed E-state index contributed by atoms with van der Waals surface area (Å²) < 4.78 is 0. The summed E-state index contributed by atoms with van der Waals surface area (Å²) in [5.74, 6) is 0. The Morgan fingerprint density at radius 2 is 2.09 bits per heavy atom. The molecule has 0 saturated carbocycles. The SMILES string of the molecule is C=CCNC(=S)NN=Cc1nccc(-c2ccccc2)c1C. The largest absolute Gasteiger partial charge is 0.358 e. The summed E-state index contributed by atoms with van der Waals surface area (Å²) in [6, 6.07) is 12.2. The van der Waals surface area contributed by atoms with Gasteiger partial charge in [0.1, 0.15) is 0 Å². The van der Waals surface area contributed by atoms with Crippen molar-refractivity contribution in [2.75, 3.05) is 6.54 Å². The molecule has 0 fully saturated rings. The van der Waals surface area contributed by atoms with Crippen molar-refractivity contribution in [3.05, 3.63) is 66.5 Å². The van der Waals surface area contributed by atoms with Gasteiger partial charge in [-0.2, -0.15) is 5.10 Å². The number of hydrogen-bond acceptors (Lipinski definition) is 3. The van der Waals surface area contributed by atoms with Crippen LogP contribution in [0.4, 0.5) is 0 Å². The van der Waals surface area contributed by atoms with E-state index < -0.39 is 0 Å². The number of pyridine rings is 1. The number of thiocarbonyl (C=S) groups is 1. The predicted molar refractivity (Wildman–Crippen MR) is 95.9 cm³/mol. The summed E-state index contributed by atoms with van der Waals surface area (Å²) >= 11 is 5.07. The molecule has 0 spiro atoms. The molecule has 22 heavy (non-hydrogen) atoms. The number of aromatic nitrogens is 1. The van der Waals surface area contributed by atoms with Crippen LogP contribution in [0.25, 0.3) is 11.1 Å². The van der Waals surface area contributed by atoms with Crippen molar-refractivity contribution in [3.63, 3.8) is 0 Å². The molecule has 2 rings (SSSR count). The second kappa shape index (κ2) is 8.05. The Labute approximate surface area is 136 Å². The van der Waals surface area contributed by atoms with Crippen LogP contribution in [-0.4, -0.2) is 22.9 Å². The summed E-state index contributed by atoms with van der Waals surface area (Å²) in [5, 5.41) is 7.50. The molecule has 2 N–H and O–H groups in total. The first-order valence-electron chi connectivity index (χ1n) is 6.91. The third-order valence-electron chi connectivity index (χ3n) is 3.09. The summed E-state index contributed by atoms with van der Waals surface area (Å²) in [6.07, 6.45) is 5.18. The van der Waals surface area contributed by atoms with Crippen molar-refractivity contribution in [1.82, 2.24) is 15.7 Å². The molecule has 0 aliphatic heterocycles. The monoisotopic (exact) mass is 310 g/mol. The number of rotatable bonds is 5. The Kier molecular flexibility index (Phi) is 5.80. The summed E-state index contributed by atoms with van der Waals surface area (Å²) in [7, 11) is 0. The quantitative estimate of drug-likeness (QED) is 0.386. The highest BCUT2D eigenvalue weighted by molar-refractivity contribution is 7.80. The first-order valence-corrected chi connectivity index (χ1v) is 7.32. The first kappa shape index (κ1) is 15.9. The van der Waals surface area contributed by atoms with E-state index in [1.807, 2.05) is 31.2 Å². The van der Waals surface area contributed by atoms with Crippen LogP contribution in [0.15, 0.2) is 60.4 Å². The lowest BCUT2D eigenvalue weighted by atomic mass is 10.0. The molecule has 0 unspecified atom stereocenters. The topological polar surface area (TPSA) is 49.3 Å². The van der Waals surface area contributed by atoms with Gasteiger partial charge in [0, 0.05) is 12.7 Å². The van der Waals surface area contributed by atoms with Gasteiger partial charge in [-0.05, 0) is 41.9 Å². The Morgan fingerprint density at radius 1 is 1.32 bits per heavy atom. The molecule has 0 atom stereocenters. The standard InChI is InChI=1S/C17H18N4S/c1-3-10-19-17(22)21-20-12-16-13(2)15(9-11-18-16)14-7-5-4-6-8-14/h3-9,11-12H,1,10H2,2H3,(H2,19,21,22). The van der Waals surface area contributed by atoms with Crippen LogP contribution in [0, 0.1) is 6.92 Å². The molecule has 0 bridgehead atoms. The highest BCUT2D eigenvalue weighted by Crippen LogP contribution is 2.23. The first-order chi connectivity index (χ1) is 10.7. The molecular formula is C17H18N4S. The average molecular weight is 310 g/mol. The van der Waals surface area contributed by atoms with Gasteiger partial charge >= 0.3 is 0 Å². The minimum Gasteiger partial charge on any atom is -0.358 e. The maximum absolute atomic E-state index is 5.07. The van der Waals surface area contributed by atoms with Crippen LogP contribution in [0.2, 0.25) is 0 Å². The van der Waals surface area contributed by atoms with Gasteiger partial charge in [0.15, 0.2) is 5.11 Å². The summed E-state index contributed by atoms with van der Waals surface area (Å²) in [4.78, 5) is 4.35. The molecule has 0 saturated heterocycles. The van der Waals surface area contributed by atoms with Crippen molar-refractivity contribution < 1.29 is 0 Å². The van der Waals surface area contributed by atoms with Crippen molar-refractivity contribution in [1.29, 1.82) is 0 Å². The summed E-state index contributed by atoms with van der Waals surface area (Å²) in [5.41, 5.74) is 6.94. The average Bonchev–Trinajstić information content (AvgIpc) is 2.55. The molecule has 1 heterocycles. The van der Waals surface area contributed by atoms with Gasteiger partial charge in [-0.1, -0.05) is 36.4 Å². The van der Waals surface area contributed by atoms with Crippen molar-refractivity contribution in [3.8, 4) is 11.1 Å². The van der Waals surface area contributed by atoms with Crippen molar-refractivity contribution in [2.24, 2.45) is 5.10 Å². The highest BCUT2D eigenvalue weighted by atomic mass is 32.1. The van der Waals surface area contributed by atoms with Crippen LogP contribution >= 0.6 is 12.2 Å². The van der Waals surface area contributed by atoms with E-state index in [1.54, 1.807) is 18.5 Å². The summed E-state index contributed by atoms with van der Waals surface area (Å²) in [6.45, 7) is 6.24. The van der Waals surface area contributed by atoms with Gasteiger partial charge in [-0.25, -0.2) is 0 Å². The van der Waals surface area contributed by atoms with E-state index in [0.717, 1.165) is 22.4 Å². The van der Waals surface area contributed by atoms with Crippen LogP contribution in [0.1, 0.15) is 11.3 Å². The second-order valence-electron chi connectivity index (χ2n) is 4.60. The zero-order valence-electron chi connectivity index (χ0n) is 12.4. The number of nitrogens with zero attached hydrogens (tertiary/aromatic N) is 2. The van der Waals surface area contributed by atoms with Crippen LogP contribution in [-0.2, 0) is 0 Å². The molecule has 2 aromatic rings. The lowest BCUT2D eigenvalue weighted by Gasteiger charge is -2.08.